The zero-order valence-electron chi connectivity index (χ0n) is 11.8. The van der Waals surface area contributed by atoms with Crippen LogP contribution in [0.3, 0.4) is 0 Å². The highest BCUT2D eigenvalue weighted by molar-refractivity contribution is 6.69. The summed E-state index contributed by atoms with van der Waals surface area (Å²) in [5.41, 5.74) is 0.717. The third-order valence-corrected chi connectivity index (χ3v) is 6.40. The first kappa shape index (κ1) is 12.2. The lowest BCUT2D eigenvalue weighted by Crippen LogP contribution is -2.46. The van der Waals surface area contributed by atoms with E-state index >= 15 is 0 Å². The van der Waals surface area contributed by atoms with Gasteiger partial charge >= 0.3 is 0 Å². The Morgan fingerprint density at radius 1 is 0.941 bits per heavy atom. The van der Waals surface area contributed by atoms with Crippen LogP contribution in [-0.4, -0.2) is 14.9 Å². The quantitative estimate of drug-likeness (QED) is 0.672. The van der Waals surface area contributed by atoms with Gasteiger partial charge in [0, 0.05) is 6.61 Å². The first-order valence-corrected chi connectivity index (χ1v) is 11.0. The van der Waals surface area contributed by atoms with Crippen molar-refractivity contribution in [2.45, 2.75) is 64.6 Å². The Morgan fingerprint density at radius 2 is 1.41 bits per heavy atom. The van der Waals surface area contributed by atoms with Gasteiger partial charge in [0.2, 0.25) is 0 Å². The minimum absolute atomic E-state index is 0.717. The van der Waals surface area contributed by atoms with Crippen molar-refractivity contribution in [3.63, 3.8) is 0 Å². The lowest BCUT2D eigenvalue weighted by molar-refractivity contribution is -0.0626. The van der Waals surface area contributed by atoms with Gasteiger partial charge in [0.1, 0.15) is 0 Å². The van der Waals surface area contributed by atoms with Gasteiger partial charge in [-0.3, -0.25) is 0 Å². The van der Waals surface area contributed by atoms with Crippen molar-refractivity contribution < 1.29 is 4.43 Å². The van der Waals surface area contributed by atoms with E-state index < -0.39 is 8.32 Å². The Hall–Kier alpha value is 0.177. The van der Waals surface area contributed by atoms with Crippen LogP contribution in [0.2, 0.25) is 19.6 Å². The van der Waals surface area contributed by atoms with Crippen molar-refractivity contribution in [2.24, 2.45) is 23.2 Å². The molecule has 0 spiro atoms. The van der Waals surface area contributed by atoms with Gasteiger partial charge in [0.25, 0.3) is 0 Å². The van der Waals surface area contributed by atoms with Crippen LogP contribution >= 0.6 is 0 Å². The maximum atomic E-state index is 6.11. The highest BCUT2D eigenvalue weighted by Gasteiger charge is 2.50. The van der Waals surface area contributed by atoms with E-state index in [4.69, 9.17) is 4.43 Å². The van der Waals surface area contributed by atoms with Crippen LogP contribution in [-0.2, 0) is 4.43 Å². The van der Waals surface area contributed by atoms with E-state index in [0.29, 0.717) is 5.41 Å². The number of hydrogen-bond acceptors (Lipinski definition) is 1. The Morgan fingerprint density at radius 3 is 1.82 bits per heavy atom. The Kier molecular flexibility index (Phi) is 2.94. The topological polar surface area (TPSA) is 9.23 Å². The predicted molar refractivity (Wildman–Crippen MR) is 74.5 cm³/mol. The van der Waals surface area contributed by atoms with Gasteiger partial charge in [-0.25, -0.2) is 0 Å². The van der Waals surface area contributed by atoms with Crippen molar-refractivity contribution >= 4 is 8.32 Å². The molecule has 0 atom stereocenters. The summed E-state index contributed by atoms with van der Waals surface area (Å²) in [6.45, 7) is 7.98. The first-order valence-electron chi connectivity index (χ1n) is 7.58. The van der Waals surface area contributed by atoms with Gasteiger partial charge < -0.3 is 4.43 Å². The highest BCUT2D eigenvalue weighted by Crippen LogP contribution is 2.61. The fourth-order valence-electron chi connectivity index (χ4n) is 5.17. The Bertz CT molecular complexity index is 257. The average molecular weight is 252 g/mol. The second kappa shape index (κ2) is 4.09. The fraction of sp³-hybridized carbons (Fsp3) is 1.00. The summed E-state index contributed by atoms with van der Waals surface area (Å²) in [6.07, 6.45) is 10.7. The molecule has 17 heavy (non-hydrogen) atoms. The van der Waals surface area contributed by atoms with E-state index in [-0.39, 0.29) is 0 Å². The second-order valence-electron chi connectivity index (χ2n) is 8.13. The highest BCUT2D eigenvalue weighted by atomic mass is 28.4. The van der Waals surface area contributed by atoms with Gasteiger partial charge in [0.15, 0.2) is 8.32 Å². The third kappa shape index (κ3) is 2.63. The first-order chi connectivity index (χ1) is 7.94. The molecule has 2 heteroatoms. The summed E-state index contributed by atoms with van der Waals surface area (Å²) in [7, 11) is -1.29. The van der Waals surface area contributed by atoms with Crippen LogP contribution in [0.15, 0.2) is 0 Å². The summed E-state index contributed by atoms with van der Waals surface area (Å²) in [5, 5.41) is 0. The molecule has 0 aliphatic heterocycles. The molecule has 4 rings (SSSR count). The minimum atomic E-state index is -1.29. The van der Waals surface area contributed by atoms with Crippen LogP contribution in [0.25, 0.3) is 0 Å². The van der Waals surface area contributed by atoms with Crippen LogP contribution < -0.4 is 0 Å². The smallest absolute Gasteiger partial charge is 0.183 e. The monoisotopic (exact) mass is 252 g/mol. The molecule has 4 aliphatic rings. The molecule has 4 aliphatic carbocycles. The van der Waals surface area contributed by atoms with Gasteiger partial charge in [0.05, 0.1) is 0 Å². The molecular formula is C15H28OSi. The predicted octanol–water partition coefficient (Wildman–Crippen LogP) is 4.44. The summed E-state index contributed by atoms with van der Waals surface area (Å²) in [5.74, 6) is 3.27. The van der Waals surface area contributed by atoms with Gasteiger partial charge in [-0.05, 0) is 87.8 Å². The summed E-state index contributed by atoms with van der Waals surface area (Å²) in [4.78, 5) is 0. The molecular weight excluding hydrogens is 224 g/mol. The summed E-state index contributed by atoms with van der Waals surface area (Å²) in [6, 6.07) is 0. The van der Waals surface area contributed by atoms with Gasteiger partial charge in [-0.2, -0.15) is 0 Å². The molecule has 98 valence electrons. The maximum absolute atomic E-state index is 6.11. The minimum Gasteiger partial charge on any atom is -0.418 e. The average Bonchev–Trinajstić information content (AvgIpc) is 2.11. The molecule has 0 aromatic rings. The van der Waals surface area contributed by atoms with Crippen molar-refractivity contribution in [3.8, 4) is 0 Å². The van der Waals surface area contributed by atoms with E-state index in [9.17, 15) is 0 Å². The van der Waals surface area contributed by atoms with Crippen LogP contribution in [0.5, 0.6) is 0 Å². The number of hydrogen-bond donors (Lipinski definition) is 0. The lowest BCUT2D eigenvalue weighted by Gasteiger charge is -2.57. The van der Waals surface area contributed by atoms with Crippen molar-refractivity contribution in [1.29, 1.82) is 0 Å². The second-order valence-corrected chi connectivity index (χ2v) is 12.6. The van der Waals surface area contributed by atoms with E-state index in [0.717, 1.165) is 24.4 Å². The maximum Gasteiger partial charge on any atom is 0.183 e. The largest absolute Gasteiger partial charge is 0.418 e. The molecule has 0 aromatic carbocycles. The van der Waals surface area contributed by atoms with E-state index in [2.05, 4.69) is 19.6 Å². The van der Waals surface area contributed by atoms with Crippen LogP contribution in [0, 0.1) is 23.2 Å². The molecule has 0 unspecified atom stereocenters. The Labute approximate surface area is 107 Å². The molecule has 0 aromatic heterocycles. The third-order valence-electron chi connectivity index (χ3n) is 5.33. The SMILES string of the molecule is C[Si](C)(C)OCCC12CC3CC(CC(C3)C1)C2. The van der Waals surface area contributed by atoms with E-state index in [1.807, 2.05) is 0 Å². The van der Waals surface area contributed by atoms with E-state index in [1.165, 1.54) is 25.7 Å². The molecule has 0 radical (unpaired) electrons. The zero-order valence-corrected chi connectivity index (χ0v) is 12.8. The van der Waals surface area contributed by atoms with Crippen LogP contribution in [0.1, 0.15) is 44.9 Å². The van der Waals surface area contributed by atoms with E-state index in [1.54, 1.807) is 19.3 Å². The van der Waals surface area contributed by atoms with Crippen molar-refractivity contribution in [1.82, 2.24) is 0 Å². The molecule has 0 heterocycles. The van der Waals surface area contributed by atoms with Crippen molar-refractivity contribution in [2.75, 3.05) is 6.61 Å². The fourth-order valence-corrected chi connectivity index (χ4v) is 5.88. The molecule has 4 saturated carbocycles. The molecule has 0 saturated heterocycles. The lowest BCUT2D eigenvalue weighted by atomic mass is 9.49. The molecule has 4 fully saturated rings. The zero-order chi connectivity index (χ0) is 12.1. The molecule has 0 N–H and O–H groups in total. The standard InChI is InChI=1S/C15H28OSi/c1-17(2,3)16-5-4-15-9-12-6-13(10-15)8-14(7-12)11-15/h12-14H,4-11H2,1-3H3. The normalized spacial score (nSPS) is 44.3. The Balaban J connectivity index is 1.59. The number of rotatable bonds is 4. The molecule has 4 bridgehead atoms. The molecule has 0 amide bonds. The summed E-state index contributed by atoms with van der Waals surface area (Å²) >= 11 is 0. The van der Waals surface area contributed by atoms with Crippen molar-refractivity contribution in [3.05, 3.63) is 0 Å². The molecule has 1 nitrogen and oxygen atoms in total. The van der Waals surface area contributed by atoms with Crippen LogP contribution in [0.4, 0.5) is 0 Å². The van der Waals surface area contributed by atoms with Gasteiger partial charge in [-0.1, -0.05) is 0 Å². The summed E-state index contributed by atoms with van der Waals surface area (Å²) < 4.78 is 6.11. The van der Waals surface area contributed by atoms with Gasteiger partial charge in [-0.15, -0.1) is 0 Å².